The van der Waals surface area contributed by atoms with Gasteiger partial charge in [-0.05, 0) is 12.1 Å². The molecule has 0 aliphatic carbocycles. The molecule has 0 aromatic heterocycles. The molecule has 0 amide bonds. The van der Waals surface area contributed by atoms with Crippen LogP contribution in [0.4, 0.5) is 0 Å². The topological polar surface area (TPSA) is 166 Å². The number of phenols is 1. The number of rotatable bonds is 6. The van der Waals surface area contributed by atoms with Gasteiger partial charge in [0, 0.05) is 26.3 Å². The lowest BCUT2D eigenvalue weighted by atomic mass is 9.84. The molecule has 1 aliphatic heterocycles. The van der Waals surface area contributed by atoms with Crippen LogP contribution in [0.25, 0.3) is 0 Å². The smallest absolute Gasteiger partial charge is 0.335 e. The Labute approximate surface area is 171 Å². The summed E-state index contributed by atoms with van der Waals surface area (Å²) in [6.45, 7) is 2.94. The van der Waals surface area contributed by atoms with Gasteiger partial charge in [-0.2, -0.15) is 0 Å². The number of aromatic hydroxyl groups is 1. The van der Waals surface area contributed by atoms with E-state index in [1.165, 1.54) is 12.1 Å². The Bertz CT molecular complexity index is 834. The first-order valence-electron chi connectivity index (χ1n) is 8.88. The van der Waals surface area contributed by atoms with Gasteiger partial charge in [0.1, 0.15) is 18.5 Å². The second-order valence-electron chi connectivity index (χ2n) is 6.62. The highest BCUT2D eigenvalue weighted by molar-refractivity contribution is 5.88. The average Bonchev–Trinajstić information content (AvgIpc) is 2.62. The van der Waals surface area contributed by atoms with Crippen LogP contribution in [0.1, 0.15) is 42.6 Å². The van der Waals surface area contributed by atoms with Crippen LogP contribution in [0, 0.1) is 0 Å². The number of aromatic carboxylic acids is 1. The van der Waals surface area contributed by atoms with Crippen LogP contribution in [0.2, 0.25) is 0 Å². The maximum atomic E-state index is 11.7. The predicted octanol–water partition coefficient (Wildman–Crippen LogP) is 0.318. The maximum absolute atomic E-state index is 11.7. The summed E-state index contributed by atoms with van der Waals surface area (Å²) in [5, 5.41) is 30.0. The molecule has 30 heavy (non-hydrogen) atoms. The van der Waals surface area contributed by atoms with Gasteiger partial charge in [-0.3, -0.25) is 14.4 Å². The van der Waals surface area contributed by atoms with Gasteiger partial charge in [0.25, 0.3) is 0 Å². The van der Waals surface area contributed by atoms with Crippen LogP contribution >= 0.6 is 0 Å². The van der Waals surface area contributed by atoms with E-state index in [0.717, 1.165) is 26.8 Å². The third-order valence-corrected chi connectivity index (χ3v) is 4.36. The Balaban J connectivity index is 2.50. The van der Waals surface area contributed by atoms with Crippen molar-refractivity contribution in [3.8, 4) is 5.75 Å². The van der Waals surface area contributed by atoms with E-state index in [1.54, 1.807) is 0 Å². The SMILES string of the molecule is CC(=O)OCC1OC(O)C(c2ccc(C(=O)O)cc2O)C(OC(C)=O)C1OC(C)=O. The molecule has 0 spiro atoms. The molecule has 11 heteroatoms. The lowest BCUT2D eigenvalue weighted by molar-refractivity contribution is -0.263. The average molecular weight is 426 g/mol. The van der Waals surface area contributed by atoms with Crippen molar-refractivity contribution in [1.29, 1.82) is 0 Å². The first-order valence-corrected chi connectivity index (χ1v) is 8.88. The van der Waals surface area contributed by atoms with Crippen molar-refractivity contribution < 1.29 is 53.4 Å². The second kappa shape index (κ2) is 9.55. The minimum absolute atomic E-state index is 0.00170. The summed E-state index contributed by atoms with van der Waals surface area (Å²) in [7, 11) is 0. The molecule has 0 saturated carbocycles. The number of carbonyl (C=O) groups excluding carboxylic acids is 3. The molecule has 5 unspecified atom stereocenters. The Hall–Kier alpha value is -3.18. The number of phenolic OH excluding ortho intramolecular Hbond substituents is 1. The summed E-state index contributed by atoms with van der Waals surface area (Å²) in [6, 6.07) is 3.37. The highest BCUT2D eigenvalue weighted by atomic mass is 16.7. The number of ether oxygens (including phenoxy) is 4. The van der Waals surface area contributed by atoms with E-state index in [-0.39, 0.29) is 11.1 Å². The van der Waals surface area contributed by atoms with Crippen molar-refractivity contribution in [3.05, 3.63) is 29.3 Å². The zero-order valence-electron chi connectivity index (χ0n) is 16.4. The third-order valence-electron chi connectivity index (χ3n) is 4.36. The van der Waals surface area contributed by atoms with E-state index >= 15 is 0 Å². The molecule has 1 saturated heterocycles. The van der Waals surface area contributed by atoms with Gasteiger partial charge in [-0.25, -0.2) is 4.79 Å². The van der Waals surface area contributed by atoms with Crippen molar-refractivity contribution in [2.75, 3.05) is 6.61 Å². The molecule has 3 N–H and O–H groups in total. The number of carbonyl (C=O) groups is 4. The second-order valence-corrected chi connectivity index (χ2v) is 6.62. The number of carboxylic acid groups (broad SMARTS) is 1. The highest BCUT2D eigenvalue weighted by Crippen LogP contribution is 2.40. The van der Waals surface area contributed by atoms with E-state index < -0.39 is 66.8 Å². The number of benzene rings is 1. The zero-order chi connectivity index (χ0) is 22.6. The Morgan fingerprint density at radius 2 is 1.60 bits per heavy atom. The molecule has 5 atom stereocenters. The molecule has 1 heterocycles. The van der Waals surface area contributed by atoms with Crippen molar-refractivity contribution in [3.63, 3.8) is 0 Å². The summed E-state index contributed by atoms with van der Waals surface area (Å²) in [6.07, 6.45) is -5.48. The molecule has 1 aromatic carbocycles. The number of aliphatic hydroxyl groups is 1. The highest BCUT2D eigenvalue weighted by Gasteiger charge is 2.51. The summed E-state index contributed by atoms with van der Waals surface area (Å²) in [5.74, 6) is -5.21. The van der Waals surface area contributed by atoms with Gasteiger partial charge in [0.05, 0.1) is 11.5 Å². The van der Waals surface area contributed by atoms with Gasteiger partial charge in [0.15, 0.2) is 18.5 Å². The van der Waals surface area contributed by atoms with E-state index in [1.807, 2.05) is 0 Å². The predicted molar refractivity (Wildman–Crippen MR) is 96.4 cm³/mol. The van der Waals surface area contributed by atoms with Crippen LogP contribution in [-0.2, 0) is 33.3 Å². The van der Waals surface area contributed by atoms with E-state index in [4.69, 9.17) is 24.1 Å². The van der Waals surface area contributed by atoms with E-state index in [2.05, 4.69) is 0 Å². The first-order chi connectivity index (χ1) is 14.0. The first kappa shape index (κ1) is 23.1. The van der Waals surface area contributed by atoms with Crippen molar-refractivity contribution >= 4 is 23.9 Å². The molecule has 1 aromatic rings. The number of esters is 3. The quantitative estimate of drug-likeness (QED) is 0.423. The van der Waals surface area contributed by atoms with E-state index in [9.17, 15) is 29.4 Å². The Morgan fingerprint density at radius 1 is 1.00 bits per heavy atom. The Morgan fingerprint density at radius 3 is 2.10 bits per heavy atom. The van der Waals surface area contributed by atoms with Crippen molar-refractivity contribution in [2.45, 2.75) is 51.3 Å². The summed E-state index contributed by atoms with van der Waals surface area (Å²) >= 11 is 0. The fourth-order valence-corrected chi connectivity index (χ4v) is 3.21. The molecular formula is C19H22O11. The molecule has 0 bridgehead atoms. The van der Waals surface area contributed by atoms with Crippen LogP contribution in [0.15, 0.2) is 18.2 Å². The van der Waals surface area contributed by atoms with Crippen LogP contribution in [0.5, 0.6) is 5.75 Å². The van der Waals surface area contributed by atoms with Crippen LogP contribution in [0.3, 0.4) is 0 Å². The Kier molecular flexibility index (Phi) is 7.35. The van der Waals surface area contributed by atoms with Crippen molar-refractivity contribution in [1.82, 2.24) is 0 Å². The summed E-state index contributed by atoms with van der Waals surface area (Å²) in [5.41, 5.74) is -0.211. The van der Waals surface area contributed by atoms with Gasteiger partial charge in [-0.1, -0.05) is 6.07 Å². The standard InChI is InChI=1S/C19H22O11/c1-8(20)27-7-14-16(28-9(2)21)17(29-10(3)22)15(19(26)30-14)12-5-4-11(18(24)25)6-13(12)23/h4-6,14-17,19,23,26H,7H2,1-3H3,(H,24,25). The molecule has 11 nitrogen and oxygen atoms in total. The minimum Gasteiger partial charge on any atom is -0.508 e. The number of aliphatic hydroxyl groups excluding tert-OH is 1. The summed E-state index contributed by atoms with van der Waals surface area (Å²) in [4.78, 5) is 45.6. The molecule has 1 fully saturated rings. The van der Waals surface area contributed by atoms with Gasteiger partial charge >= 0.3 is 23.9 Å². The van der Waals surface area contributed by atoms with Gasteiger partial charge in [-0.15, -0.1) is 0 Å². The normalized spacial score (nSPS) is 25.8. The van der Waals surface area contributed by atoms with Crippen molar-refractivity contribution in [2.24, 2.45) is 0 Å². The maximum Gasteiger partial charge on any atom is 0.335 e. The summed E-state index contributed by atoms with van der Waals surface area (Å²) < 4.78 is 20.8. The van der Waals surface area contributed by atoms with E-state index in [0.29, 0.717) is 0 Å². The number of carboxylic acids is 1. The van der Waals surface area contributed by atoms with Crippen LogP contribution in [-0.4, -0.2) is 70.4 Å². The lowest BCUT2D eigenvalue weighted by Gasteiger charge is -2.43. The van der Waals surface area contributed by atoms with Gasteiger partial charge < -0.3 is 34.3 Å². The minimum atomic E-state index is -1.68. The monoisotopic (exact) mass is 426 g/mol. The van der Waals surface area contributed by atoms with Crippen LogP contribution < -0.4 is 0 Å². The lowest BCUT2D eigenvalue weighted by Crippen LogP contribution is -2.57. The fraction of sp³-hybridized carbons (Fsp3) is 0.474. The third kappa shape index (κ3) is 5.45. The van der Waals surface area contributed by atoms with Gasteiger partial charge in [0.2, 0.25) is 0 Å². The number of hydrogen-bond donors (Lipinski definition) is 3. The molecule has 2 rings (SSSR count). The largest absolute Gasteiger partial charge is 0.508 e. The zero-order valence-corrected chi connectivity index (χ0v) is 16.4. The molecular weight excluding hydrogens is 404 g/mol. The number of hydrogen-bond acceptors (Lipinski definition) is 10. The molecule has 164 valence electrons. The molecule has 0 radical (unpaired) electrons. The fourth-order valence-electron chi connectivity index (χ4n) is 3.21. The molecule has 1 aliphatic rings.